The van der Waals surface area contributed by atoms with Gasteiger partial charge in [-0.3, -0.25) is 0 Å². The molecule has 0 N–H and O–H groups in total. The predicted octanol–water partition coefficient (Wildman–Crippen LogP) is 1.86. The van der Waals surface area contributed by atoms with E-state index < -0.39 is 0 Å². The highest BCUT2D eigenvalue weighted by Crippen LogP contribution is 2.57. The normalized spacial score (nSPS) is 30.0. The summed E-state index contributed by atoms with van der Waals surface area (Å²) in [7, 11) is 2.78. The molecular formula is C14H18O4. The second-order valence-corrected chi connectivity index (χ2v) is 4.95. The molecular weight excluding hydrogens is 232 g/mol. The molecule has 4 heteroatoms. The Kier molecular flexibility index (Phi) is 3.28. The predicted molar refractivity (Wildman–Crippen MR) is 65.6 cm³/mol. The summed E-state index contributed by atoms with van der Waals surface area (Å²) in [4.78, 5) is 23.6. The molecule has 0 aromatic carbocycles. The second-order valence-electron chi connectivity index (χ2n) is 4.95. The minimum atomic E-state index is -0.284. The van der Waals surface area contributed by atoms with E-state index in [1.165, 1.54) is 14.2 Å². The molecule has 2 rings (SSSR count). The largest absolute Gasteiger partial charge is 0.466 e. The van der Waals surface area contributed by atoms with Crippen LogP contribution in [0, 0.1) is 17.8 Å². The van der Waals surface area contributed by atoms with E-state index in [2.05, 4.69) is 0 Å². The van der Waals surface area contributed by atoms with Crippen LogP contribution in [0.1, 0.15) is 20.3 Å². The number of fused-ring (bicyclic) bond motifs is 1. The van der Waals surface area contributed by atoms with Crippen LogP contribution in [0.3, 0.4) is 0 Å². The lowest BCUT2D eigenvalue weighted by Crippen LogP contribution is -2.11. The summed E-state index contributed by atoms with van der Waals surface area (Å²) < 4.78 is 9.65. The van der Waals surface area contributed by atoms with Crippen LogP contribution < -0.4 is 0 Å². The van der Waals surface area contributed by atoms with Crippen molar-refractivity contribution in [2.45, 2.75) is 20.3 Å². The van der Waals surface area contributed by atoms with E-state index in [4.69, 9.17) is 9.47 Å². The van der Waals surface area contributed by atoms with Crippen molar-refractivity contribution in [2.75, 3.05) is 14.2 Å². The number of carbonyl (C=O) groups excluding carboxylic acids is 2. The number of ether oxygens (including phenoxy) is 2. The summed E-state index contributed by atoms with van der Waals surface area (Å²) in [6, 6.07) is 0. The van der Waals surface area contributed by atoms with Gasteiger partial charge in [0.15, 0.2) is 0 Å². The quantitative estimate of drug-likeness (QED) is 0.702. The molecule has 4 nitrogen and oxygen atoms in total. The van der Waals surface area contributed by atoms with Crippen LogP contribution >= 0.6 is 0 Å². The molecule has 0 spiro atoms. The number of hydrogen-bond donors (Lipinski definition) is 0. The first-order valence-corrected chi connectivity index (χ1v) is 6.09. The van der Waals surface area contributed by atoms with Gasteiger partial charge in [0.25, 0.3) is 0 Å². The fourth-order valence-corrected chi connectivity index (χ4v) is 2.93. The van der Waals surface area contributed by atoms with Gasteiger partial charge in [0.1, 0.15) is 0 Å². The van der Waals surface area contributed by atoms with Crippen molar-refractivity contribution in [3.05, 3.63) is 22.8 Å². The Balaban J connectivity index is 2.34. The van der Waals surface area contributed by atoms with Gasteiger partial charge in [0, 0.05) is 23.0 Å². The number of carbonyl (C=O) groups is 2. The molecule has 18 heavy (non-hydrogen) atoms. The lowest BCUT2D eigenvalue weighted by molar-refractivity contribution is -0.137. The summed E-state index contributed by atoms with van der Waals surface area (Å²) in [5.74, 6) is -0.0615. The van der Waals surface area contributed by atoms with Gasteiger partial charge < -0.3 is 9.47 Å². The highest BCUT2D eigenvalue weighted by Gasteiger charge is 2.55. The third-order valence-electron chi connectivity index (χ3n) is 3.99. The third-order valence-corrected chi connectivity index (χ3v) is 3.99. The van der Waals surface area contributed by atoms with Crippen molar-refractivity contribution in [2.24, 2.45) is 17.8 Å². The molecule has 1 fully saturated rings. The molecule has 0 aliphatic heterocycles. The molecule has 0 bridgehead atoms. The molecule has 2 aliphatic carbocycles. The van der Waals surface area contributed by atoms with Crippen LogP contribution in [0.25, 0.3) is 0 Å². The molecule has 3 atom stereocenters. The fourth-order valence-electron chi connectivity index (χ4n) is 2.93. The highest BCUT2D eigenvalue weighted by atomic mass is 16.5. The molecule has 0 aromatic heterocycles. The summed E-state index contributed by atoms with van der Waals surface area (Å²) in [5.41, 5.74) is 2.43. The van der Waals surface area contributed by atoms with Gasteiger partial charge in [-0.1, -0.05) is 18.6 Å². The maximum Gasteiger partial charge on any atom is 0.333 e. The van der Waals surface area contributed by atoms with E-state index in [-0.39, 0.29) is 23.8 Å². The van der Waals surface area contributed by atoms with Crippen LogP contribution in [0.15, 0.2) is 22.8 Å². The van der Waals surface area contributed by atoms with Crippen LogP contribution in [0.4, 0.5) is 0 Å². The highest BCUT2D eigenvalue weighted by molar-refractivity contribution is 5.94. The number of hydrogen-bond acceptors (Lipinski definition) is 4. The Bertz CT molecular complexity index is 458. The van der Waals surface area contributed by atoms with Gasteiger partial charge >= 0.3 is 11.9 Å². The molecule has 0 amide bonds. The van der Waals surface area contributed by atoms with Crippen molar-refractivity contribution >= 4 is 11.9 Å². The first kappa shape index (κ1) is 12.9. The zero-order valence-electron chi connectivity index (χ0n) is 11.1. The number of methoxy groups -OCH3 is 2. The topological polar surface area (TPSA) is 52.6 Å². The molecule has 0 heterocycles. The van der Waals surface area contributed by atoms with Gasteiger partial charge in [-0.05, 0) is 19.3 Å². The van der Waals surface area contributed by atoms with Crippen LogP contribution in [0.2, 0.25) is 0 Å². The summed E-state index contributed by atoms with van der Waals surface area (Å²) in [5, 5.41) is 0. The fraction of sp³-hybridized carbons (Fsp3) is 0.571. The van der Waals surface area contributed by atoms with Crippen molar-refractivity contribution in [3.63, 3.8) is 0 Å². The van der Waals surface area contributed by atoms with E-state index >= 15 is 0 Å². The van der Waals surface area contributed by atoms with Crippen molar-refractivity contribution < 1.29 is 19.1 Å². The zero-order valence-corrected chi connectivity index (χ0v) is 11.1. The van der Waals surface area contributed by atoms with Gasteiger partial charge in [-0.15, -0.1) is 0 Å². The standard InChI is InChI=1S/C14H18O4/c1-7-5-6-9(13(15)17-3)11-8(2)12(11)10(7)14(16)18-4/h6,8,11-12H,5H2,1-4H3/t8-,11+,12-/m1/s1. The average Bonchev–Trinajstić information content (AvgIpc) is 3.03. The van der Waals surface area contributed by atoms with Gasteiger partial charge in [0.05, 0.1) is 14.2 Å². The lowest BCUT2D eigenvalue weighted by Gasteiger charge is -2.07. The zero-order chi connectivity index (χ0) is 13.4. The molecule has 0 saturated heterocycles. The average molecular weight is 250 g/mol. The maximum absolute atomic E-state index is 11.8. The minimum absolute atomic E-state index is 0.101. The number of allylic oxidation sites excluding steroid dienone is 2. The first-order valence-electron chi connectivity index (χ1n) is 6.09. The first-order chi connectivity index (χ1) is 8.52. The summed E-state index contributed by atoms with van der Waals surface area (Å²) in [6.45, 7) is 3.97. The Morgan fingerprint density at radius 3 is 2.33 bits per heavy atom. The third kappa shape index (κ3) is 1.85. The van der Waals surface area contributed by atoms with E-state index in [0.717, 1.165) is 11.1 Å². The Hall–Kier alpha value is -1.58. The van der Waals surface area contributed by atoms with E-state index in [1.807, 2.05) is 19.9 Å². The van der Waals surface area contributed by atoms with Crippen LogP contribution in [-0.4, -0.2) is 26.2 Å². The molecule has 0 aromatic rings. The molecule has 1 saturated carbocycles. The summed E-state index contributed by atoms with van der Waals surface area (Å²) >= 11 is 0. The molecule has 98 valence electrons. The van der Waals surface area contributed by atoms with Crippen LogP contribution in [0.5, 0.6) is 0 Å². The van der Waals surface area contributed by atoms with Gasteiger partial charge in [-0.25, -0.2) is 9.59 Å². The smallest absolute Gasteiger partial charge is 0.333 e. The maximum atomic E-state index is 11.8. The number of rotatable bonds is 2. The Morgan fingerprint density at radius 2 is 1.78 bits per heavy atom. The SMILES string of the molecule is COC(=O)C1=CCC(C)=C(C(=O)OC)[C@H]2[C@H](C)[C@@H]12. The van der Waals surface area contributed by atoms with Gasteiger partial charge in [0.2, 0.25) is 0 Å². The molecule has 0 unspecified atom stereocenters. The minimum Gasteiger partial charge on any atom is -0.466 e. The molecule has 0 radical (unpaired) electrons. The summed E-state index contributed by atoms with van der Waals surface area (Å²) in [6.07, 6.45) is 2.49. The second kappa shape index (κ2) is 4.59. The van der Waals surface area contributed by atoms with Crippen LogP contribution in [-0.2, 0) is 19.1 Å². The van der Waals surface area contributed by atoms with E-state index in [0.29, 0.717) is 17.9 Å². The van der Waals surface area contributed by atoms with E-state index in [9.17, 15) is 9.59 Å². The Labute approximate surface area is 107 Å². The lowest BCUT2D eigenvalue weighted by atomic mass is 10.0. The van der Waals surface area contributed by atoms with Crippen molar-refractivity contribution in [1.29, 1.82) is 0 Å². The van der Waals surface area contributed by atoms with E-state index in [1.54, 1.807) is 0 Å². The number of esters is 2. The molecule has 2 aliphatic rings. The monoisotopic (exact) mass is 250 g/mol. The Morgan fingerprint density at radius 1 is 1.17 bits per heavy atom. The van der Waals surface area contributed by atoms with Crippen molar-refractivity contribution in [3.8, 4) is 0 Å². The van der Waals surface area contributed by atoms with Gasteiger partial charge in [-0.2, -0.15) is 0 Å². The van der Waals surface area contributed by atoms with Crippen molar-refractivity contribution in [1.82, 2.24) is 0 Å².